The maximum atomic E-state index is 14.0. The largest absolute Gasteiger partial charge is 0.496 e. The highest BCUT2D eigenvalue weighted by Gasteiger charge is 2.36. The molecule has 2 aromatic carbocycles. The van der Waals surface area contributed by atoms with Gasteiger partial charge in [0.05, 0.1) is 34.4 Å². The van der Waals surface area contributed by atoms with Crippen LogP contribution in [0.2, 0.25) is 0 Å². The number of carbonyl (C=O) groups is 1. The van der Waals surface area contributed by atoms with E-state index in [0.29, 0.717) is 46.0 Å². The van der Waals surface area contributed by atoms with E-state index in [1.165, 1.54) is 23.8 Å². The average Bonchev–Trinajstić information content (AvgIpc) is 3.57. The van der Waals surface area contributed by atoms with Gasteiger partial charge in [-0.1, -0.05) is 40.6 Å². The highest BCUT2D eigenvalue weighted by molar-refractivity contribution is 9.10. The van der Waals surface area contributed by atoms with Crippen molar-refractivity contribution in [1.29, 1.82) is 0 Å². The molecule has 2 aromatic heterocycles. The molecule has 0 bridgehead atoms. The number of furan rings is 1. The second-order valence-electron chi connectivity index (χ2n) is 9.43. The first-order valence-electron chi connectivity index (χ1n) is 13.3. The number of aromatic nitrogens is 1. The number of thiazole rings is 1. The summed E-state index contributed by atoms with van der Waals surface area (Å²) in [6.45, 7) is 3.83. The van der Waals surface area contributed by atoms with Gasteiger partial charge in [0.25, 0.3) is 5.56 Å². The molecule has 1 atom stereocenters. The minimum Gasteiger partial charge on any atom is -0.496 e. The van der Waals surface area contributed by atoms with Gasteiger partial charge in [0.2, 0.25) is 5.82 Å². The molecule has 3 heterocycles. The number of rotatable bonds is 9. The van der Waals surface area contributed by atoms with Gasteiger partial charge in [0, 0.05) is 27.7 Å². The number of fused-ring (bicyclic) bond motifs is 1. The van der Waals surface area contributed by atoms with Crippen LogP contribution in [-0.4, -0.2) is 29.2 Å². The molecule has 0 amide bonds. The SMILES string of the molecule is CCCC1=C(C(=O)OCC)[C@H](c2cc(Br)ccc2OC)n2c(s/c(=C/c3ccc(-c4ccc(F)c([N+](=O)[O-])c4)o3)c2=O)=N1. The van der Waals surface area contributed by atoms with E-state index in [2.05, 4.69) is 15.9 Å². The number of nitro benzene ring substituents is 1. The number of carbonyl (C=O) groups excluding carboxylic acids is 1. The predicted octanol–water partition coefficient (Wildman–Crippen LogP) is 5.66. The standard InChI is InChI=1S/C30H25BrFN3O7S/c1-4-6-21-26(29(37)41-5-2)27(19-14-17(31)8-11-24(19)40-3)34-28(36)25(43-30(34)33-21)15-18-9-12-23(42-18)16-7-10-20(32)22(13-16)35(38)39/h7-15,27H,4-6H2,1-3H3/b25-15+/t27-/m0/s1. The Bertz CT molecular complexity index is 1960. The number of nitrogens with zero attached hydrogens (tertiary/aromatic N) is 3. The molecule has 222 valence electrons. The number of allylic oxidation sites excluding steroid dienone is 1. The van der Waals surface area contributed by atoms with E-state index in [0.717, 1.165) is 27.9 Å². The zero-order chi connectivity index (χ0) is 30.8. The molecule has 5 rings (SSSR count). The number of benzene rings is 2. The highest BCUT2D eigenvalue weighted by Crippen LogP contribution is 2.38. The molecule has 10 nitrogen and oxygen atoms in total. The van der Waals surface area contributed by atoms with E-state index in [1.54, 1.807) is 37.3 Å². The predicted molar refractivity (Wildman–Crippen MR) is 161 cm³/mol. The van der Waals surface area contributed by atoms with Crippen molar-refractivity contribution in [2.45, 2.75) is 32.7 Å². The lowest BCUT2D eigenvalue weighted by Gasteiger charge is -2.27. The van der Waals surface area contributed by atoms with E-state index in [-0.39, 0.29) is 22.5 Å². The van der Waals surface area contributed by atoms with Crippen LogP contribution in [0.15, 0.2) is 78.5 Å². The summed E-state index contributed by atoms with van der Waals surface area (Å²) in [6.07, 6.45) is 2.72. The summed E-state index contributed by atoms with van der Waals surface area (Å²) in [5.41, 5.74) is 0.584. The van der Waals surface area contributed by atoms with Crippen molar-refractivity contribution in [3.8, 4) is 17.1 Å². The molecule has 1 aliphatic rings. The lowest BCUT2D eigenvalue weighted by molar-refractivity contribution is -0.387. The summed E-state index contributed by atoms with van der Waals surface area (Å²) in [7, 11) is 1.52. The third-order valence-electron chi connectivity index (χ3n) is 6.71. The Morgan fingerprint density at radius 1 is 1.23 bits per heavy atom. The van der Waals surface area contributed by atoms with Crippen molar-refractivity contribution in [3.05, 3.63) is 111 Å². The highest BCUT2D eigenvalue weighted by atomic mass is 79.9. The van der Waals surface area contributed by atoms with Crippen molar-refractivity contribution < 1.29 is 28.0 Å². The molecular weight excluding hydrogens is 645 g/mol. The van der Waals surface area contributed by atoms with Crippen LogP contribution in [0.5, 0.6) is 5.75 Å². The van der Waals surface area contributed by atoms with Crippen LogP contribution in [0.4, 0.5) is 10.1 Å². The maximum absolute atomic E-state index is 14.0. The lowest BCUT2D eigenvalue weighted by Crippen LogP contribution is -2.40. The Balaban J connectivity index is 1.69. The Kier molecular flexibility index (Phi) is 8.74. The summed E-state index contributed by atoms with van der Waals surface area (Å²) in [5.74, 6) is -0.495. The second kappa shape index (κ2) is 12.5. The number of nitro groups is 1. The monoisotopic (exact) mass is 669 g/mol. The van der Waals surface area contributed by atoms with Crippen LogP contribution in [0, 0.1) is 15.9 Å². The van der Waals surface area contributed by atoms with E-state index in [4.69, 9.17) is 18.9 Å². The van der Waals surface area contributed by atoms with Gasteiger partial charge in [-0.25, -0.2) is 9.79 Å². The fourth-order valence-electron chi connectivity index (χ4n) is 4.85. The van der Waals surface area contributed by atoms with Crippen LogP contribution in [0.25, 0.3) is 17.4 Å². The number of hydrogen-bond acceptors (Lipinski definition) is 9. The summed E-state index contributed by atoms with van der Waals surface area (Å²) in [6, 6.07) is 11.1. The quantitative estimate of drug-likeness (QED) is 0.128. The minimum atomic E-state index is -0.956. The molecule has 0 unspecified atom stereocenters. The minimum absolute atomic E-state index is 0.145. The van der Waals surface area contributed by atoms with E-state index >= 15 is 0 Å². The Labute approximate surface area is 256 Å². The normalized spacial score (nSPS) is 14.8. The zero-order valence-corrected chi connectivity index (χ0v) is 25.7. The Morgan fingerprint density at radius 2 is 2.02 bits per heavy atom. The van der Waals surface area contributed by atoms with Crippen LogP contribution >= 0.6 is 27.3 Å². The van der Waals surface area contributed by atoms with Gasteiger partial charge in [0.1, 0.15) is 23.3 Å². The second-order valence-corrected chi connectivity index (χ2v) is 11.3. The molecule has 13 heteroatoms. The molecule has 1 aliphatic heterocycles. The molecule has 43 heavy (non-hydrogen) atoms. The fourth-order valence-corrected chi connectivity index (χ4v) is 6.23. The van der Waals surface area contributed by atoms with Crippen molar-refractivity contribution in [1.82, 2.24) is 4.57 Å². The number of methoxy groups -OCH3 is 1. The molecule has 0 radical (unpaired) electrons. The molecule has 0 aliphatic carbocycles. The van der Waals surface area contributed by atoms with Gasteiger partial charge < -0.3 is 13.9 Å². The van der Waals surface area contributed by atoms with Gasteiger partial charge in [-0.3, -0.25) is 19.5 Å². The third kappa shape index (κ3) is 5.82. The number of halogens is 2. The fraction of sp³-hybridized carbons (Fsp3) is 0.233. The topological polar surface area (TPSA) is 126 Å². The Morgan fingerprint density at radius 3 is 2.72 bits per heavy atom. The molecule has 0 saturated heterocycles. The molecule has 0 N–H and O–H groups in total. The first-order chi connectivity index (χ1) is 20.7. The molecule has 0 spiro atoms. The lowest BCUT2D eigenvalue weighted by atomic mass is 9.93. The van der Waals surface area contributed by atoms with Crippen molar-refractivity contribution in [2.24, 2.45) is 4.99 Å². The first-order valence-corrected chi connectivity index (χ1v) is 14.9. The van der Waals surface area contributed by atoms with Crippen molar-refractivity contribution in [2.75, 3.05) is 13.7 Å². The molecule has 0 saturated carbocycles. The van der Waals surface area contributed by atoms with E-state index in [1.807, 2.05) is 6.92 Å². The summed E-state index contributed by atoms with van der Waals surface area (Å²) in [4.78, 5) is 42.9. The Hall–Kier alpha value is -4.36. The van der Waals surface area contributed by atoms with Crippen molar-refractivity contribution in [3.63, 3.8) is 0 Å². The number of esters is 1. The zero-order valence-electron chi connectivity index (χ0n) is 23.3. The molecule has 0 fully saturated rings. The number of hydrogen-bond donors (Lipinski definition) is 0. The van der Waals surface area contributed by atoms with E-state index in [9.17, 15) is 24.1 Å². The number of ether oxygens (including phenoxy) is 2. The van der Waals surface area contributed by atoms with Gasteiger partial charge in [-0.2, -0.15) is 4.39 Å². The van der Waals surface area contributed by atoms with E-state index < -0.39 is 34.0 Å². The van der Waals surface area contributed by atoms with Crippen molar-refractivity contribution >= 4 is 45.0 Å². The van der Waals surface area contributed by atoms with Gasteiger partial charge in [0.15, 0.2) is 4.80 Å². The van der Waals surface area contributed by atoms with Gasteiger partial charge in [-0.15, -0.1) is 0 Å². The smallest absolute Gasteiger partial charge is 0.338 e. The summed E-state index contributed by atoms with van der Waals surface area (Å²) in [5, 5.41) is 11.2. The van der Waals surface area contributed by atoms with Crippen LogP contribution in [-0.2, 0) is 9.53 Å². The van der Waals surface area contributed by atoms with Gasteiger partial charge >= 0.3 is 11.7 Å². The van der Waals surface area contributed by atoms with Crippen LogP contribution < -0.4 is 19.6 Å². The maximum Gasteiger partial charge on any atom is 0.338 e. The average molecular weight is 671 g/mol. The summed E-state index contributed by atoms with van der Waals surface area (Å²) < 4.78 is 33.3. The van der Waals surface area contributed by atoms with Crippen LogP contribution in [0.1, 0.15) is 44.1 Å². The third-order valence-corrected chi connectivity index (χ3v) is 8.18. The first kappa shape index (κ1) is 30.1. The van der Waals surface area contributed by atoms with Crippen LogP contribution in [0.3, 0.4) is 0 Å². The molecular formula is C30H25BrFN3O7S. The van der Waals surface area contributed by atoms with Gasteiger partial charge in [-0.05, 0) is 55.8 Å². The summed E-state index contributed by atoms with van der Waals surface area (Å²) >= 11 is 4.63. The molecule has 4 aromatic rings.